The van der Waals surface area contributed by atoms with E-state index in [1.54, 1.807) is 6.07 Å². The summed E-state index contributed by atoms with van der Waals surface area (Å²) < 4.78 is 14.0. The standard InChI is InChI=1S/C13H13ClFNS/c1-7-5-8(2)11(10(15)6-7)12(16)13-9(14)3-4-17-13/h3-6,12H,16H2,1-2H3. The van der Waals surface area contributed by atoms with Gasteiger partial charge in [-0.05, 0) is 42.5 Å². The number of thiophene rings is 1. The summed E-state index contributed by atoms with van der Waals surface area (Å²) in [5.74, 6) is -0.264. The van der Waals surface area contributed by atoms with Crippen molar-refractivity contribution in [1.82, 2.24) is 0 Å². The Bertz CT molecular complexity index is 527. The predicted octanol–water partition coefficient (Wildman–Crippen LogP) is 4.21. The Hall–Kier alpha value is -0.900. The minimum Gasteiger partial charge on any atom is -0.319 e. The molecule has 1 aromatic heterocycles. The highest BCUT2D eigenvalue weighted by atomic mass is 35.5. The Morgan fingerprint density at radius 2 is 2.06 bits per heavy atom. The van der Waals surface area contributed by atoms with Crippen LogP contribution in [0.25, 0.3) is 0 Å². The lowest BCUT2D eigenvalue weighted by atomic mass is 9.98. The molecule has 2 aromatic rings. The van der Waals surface area contributed by atoms with Gasteiger partial charge in [0.25, 0.3) is 0 Å². The minimum absolute atomic E-state index is 0.264. The molecule has 0 bridgehead atoms. The second kappa shape index (κ2) is 4.77. The molecule has 2 rings (SSSR count). The normalized spacial score (nSPS) is 12.8. The predicted molar refractivity (Wildman–Crippen MR) is 71.2 cm³/mol. The van der Waals surface area contributed by atoms with Crippen molar-refractivity contribution in [3.05, 3.63) is 56.0 Å². The summed E-state index contributed by atoms with van der Waals surface area (Å²) >= 11 is 7.48. The van der Waals surface area contributed by atoms with Crippen LogP contribution < -0.4 is 5.73 Å². The van der Waals surface area contributed by atoms with Gasteiger partial charge in [0.15, 0.2) is 0 Å². The van der Waals surface area contributed by atoms with Gasteiger partial charge in [-0.1, -0.05) is 17.7 Å². The second-order valence-corrected chi connectivity index (χ2v) is 5.44. The molecule has 0 radical (unpaired) electrons. The molecule has 0 fully saturated rings. The Labute approximate surface area is 109 Å². The van der Waals surface area contributed by atoms with Crippen LogP contribution in [0.2, 0.25) is 5.02 Å². The van der Waals surface area contributed by atoms with Crippen molar-refractivity contribution in [3.63, 3.8) is 0 Å². The maximum atomic E-state index is 14.0. The third-order valence-corrected chi connectivity index (χ3v) is 4.16. The number of hydrogen-bond acceptors (Lipinski definition) is 2. The van der Waals surface area contributed by atoms with Gasteiger partial charge < -0.3 is 5.73 Å². The summed E-state index contributed by atoms with van der Waals surface area (Å²) in [6.07, 6.45) is 0. The molecule has 1 nitrogen and oxygen atoms in total. The first kappa shape index (κ1) is 12.6. The van der Waals surface area contributed by atoms with Gasteiger partial charge >= 0.3 is 0 Å². The van der Waals surface area contributed by atoms with Crippen molar-refractivity contribution >= 4 is 22.9 Å². The van der Waals surface area contributed by atoms with E-state index in [0.717, 1.165) is 16.0 Å². The van der Waals surface area contributed by atoms with Gasteiger partial charge in [-0.2, -0.15) is 0 Å². The van der Waals surface area contributed by atoms with Crippen molar-refractivity contribution in [3.8, 4) is 0 Å². The maximum Gasteiger partial charge on any atom is 0.128 e. The highest BCUT2D eigenvalue weighted by Crippen LogP contribution is 2.34. The Balaban J connectivity index is 2.51. The summed E-state index contributed by atoms with van der Waals surface area (Å²) in [7, 11) is 0. The molecule has 0 aliphatic carbocycles. The van der Waals surface area contributed by atoms with Crippen LogP contribution in [0.4, 0.5) is 4.39 Å². The molecule has 0 amide bonds. The van der Waals surface area contributed by atoms with Crippen LogP contribution in [0.15, 0.2) is 23.6 Å². The van der Waals surface area contributed by atoms with E-state index in [1.165, 1.54) is 17.4 Å². The number of rotatable bonds is 2. The number of halogens is 2. The molecular weight excluding hydrogens is 257 g/mol. The highest BCUT2D eigenvalue weighted by Gasteiger charge is 2.19. The summed E-state index contributed by atoms with van der Waals surface area (Å²) in [5, 5.41) is 2.46. The van der Waals surface area contributed by atoms with Crippen LogP contribution in [-0.4, -0.2) is 0 Å². The molecule has 0 saturated carbocycles. The zero-order valence-electron chi connectivity index (χ0n) is 9.63. The molecule has 1 heterocycles. The molecule has 1 unspecified atom stereocenters. The van der Waals surface area contributed by atoms with Crippen LogP contribution >= 0.6 is 22.9 Å². The fourth-order valence-corrected chi connectivity index (χ4v) is 3.16. The van der Waals surface area contributed by atoms with Gasteiger partial charge in [0, 0.05) is 10.4 Å². The fourth-order valence-electron chi connectivity index (χ4n) is 1.98. The SMILES string of the molecule is Cc1cc(C)c(C(N)c2sccc2Cl)c(F)c1. The quantitative estimate of drug-likeness (QED) is 0.869. The molecule has 1 atom stereocenters. The zero-order chi connectivity index (χ0) is 12.6. The third kappa shape index (κ3) is 2.37. The van der Waals surface area contributed by atoms with Crippen LogP contribution in [0.3, 0.4) is 0 Å². The van der Waals surface area contributed by atoms with E-state index >= 15 is 0 Å². The molecule has 17 heavy (non-hydrogen) atoms. The molecule has 4 heteroatoms. The van der Waals surface area contributed by atoms with Crippen molar-refractivity contribution in [2.24, 2.45) is 5.73 Å². The Morgan fingerprint density at radius 3 is 2.59 bits per heavy atom. The van der Waals surface area contributed by atoms with Crippen molar-refractivity contribution in [2.75, 3.05) is 0 Å². The van der Waals surface area contributed by atoms with E-state index in [2.05, 4.69) is 0 Å². The summed E-state index contributed by atoms with van der Waals surface area (Å²) in [6.45, 7) is 3.73. The summed E-state index contributed by atoms with van der Waals surface area (Å²) in [5.41, 5.74) is 8.38. The first-order valence-corrected chi connectivity index (χ1v) is 6.51. The monoisotopic (exact) mass is 269 g/mol. The molecule has 2 N–H and O–H groups in total. The number of benzene rings is 1. The van der Waals surface area contributed by atoms with E-state index in [0.29, 0.717) is 10.6 Å². The van der Waals surface area contributed by atoms with Gasteiger partial charge in [0.2, 0.25) is 0 Å². The number of nitrogens with two attached hydrogens (primary N) is 1. The average Bonchev–Trinajstić information content (AvgIpc) is 2.62. The number of aryl methyl sites for hydroxylation is 2. The smallest absolute Gasteiger partial charge is 0.128 e. The summed E-state index contributed by atoms with van der Waals surface area (Å²) in [4.78, 5) is 0.803. The molecule has 0 spiro atoms. The van der Waals surface area contributed by atoms with Gasteiger partial charge in [0.05, 0.1) is 11.1 Å². The molecule has 0 saturated heterocycles. The molecule has 0 aliphatic rings. The second-order valence-electron chi connectivity index (χ2n) is 4.09. The van der Waals surface area contributed by atoms with Crippen molar-refractivity contribution in [2.45, 2.75) is 19.9 Å². The van der Waals surface area contributed by atoms with E-state index in [1.807, 2.05) is 25.3 Å². The third-order valence-electron chi connectivity index (χ3n) is 2.72. The van der Waals surface area contributed by atoms with Gasteiger partial charge in [-0.15, -0.1) is 11.3 Å². The lowest BCUT2D eigenvalue weighted by molar-refractivity contribution is 0.597. The lowest BCUT2D eigenvalue weighted by Crippen LogP contribution is -2.14. The van der Waals surface area contributed by atoms with E-state index < -0.39 is 6.04 Å². The van der Waals surface area contributed by atoms with Crippen LogP contribution in [0.1, 0.15) is 27.6 Å². The number of hydrogen-bond donors (Lipinski definition) is 1. The fraction of sp³-hybridized carbons (Fsp3) is 0.231. The molecule has 1 aromatic carbocycles. The van der Waals surface area contributed by atoms with Gasteiger partial charge in [-0.25, -0.2) is 4.39 Å². The molecule has 90 valence electrons. The molecule has 0 aliphatic heterocycles. The minimum atomic E-state index is -0.497. The van der Waals surface area contributed by atoms with E-state index in [9.17, 15) is 4.39 Å². The van der Waals surface area contributed by atoms with Crippen molar-refractivity contribution < 1.29 is 4.39 Å². The van der Waals surface area contributed by atoms with Gasteiger partial charge in [0.1, 0.15) is 5.82 Å². The van der Waals surface area contributed by atoms with E-state index in [4.69, 9.17) is 17.3 Å². The lowest BCUT2D eigenvalue weighted by Gasteiger charge is -2.15. The average molecular weight is 270 g/mol. The Kier molecular flexibility index (Phi) is 3.52. The van der Waals surface area contributed by atoms with Crippen LogP contribution in [-0.2, 0) is 0 Å². The van der Waals surface area contributed by atoms with Crippen LogP contribution in [0.5, 0.6) is 0 Å². The zero-order valence-corrected chi connectivity index (χ0v) is 11.2. The first-order chi connectivity index (χ1) is 8.00. The topological polar surface area (TPSA) is 26.0 Å². The Morgan fingerprint density at radius 1 is 1.35 bits per heavy atom. The van der Waals surface area contributed by atoms with Crippen LogP contribution in [0, 0.1) is 19.7 Å². The largest absolute Gasteiger partial charge is 0.319 e. The van der Waals surface area contributed by atoms with E-state index in [-0.39, 0.29) is 5.82 Å². The van der Waals surface area contributed by atoms with Crippen molar-refractivity contribution in [1.29, 1.82) is 0 Å². The first-order valence-electron chi connectivity index (χ1n) is 5.26. The maximum absolute atomic E-state index is 14.0. The molecular formula is C13H13ClFNS. The van der Waals surface area contributed by atoms with Gasteiger partial charge in [-0.3, -0.25) is 0 Å². The summed E-state index contributed by atoms with van der Waals surface area (Å²) in [6, 6.07) is 4.72. The highest BCUT2D eigenvalue weighted by molar-refractivity contribution is 7.10.